The topological polar surface area (TPSA) is 94.7 Å². The fourth-order valence-corrected chi connectivity index (χ4v) is 2.75. The van der Waals surface area contributed by atoms with Gasteiger partial charge in [-0.2, -0.15) is 0 Å². The Morgan fingerprint density at radius 2 is 1.89 bits per heavy atom. The zero-order chi connectivity index (χ0) is 19.9. The third-order valence-electron chi connectivity index (χ3n) is 4.13. The molecule has 0 saturated heterocycles. The third kappa shape index (κ3) is 4.48. The van der Waals surface area contributed by atoms with E-state index in [9.17, 15) is 9.90 Å². The smallest absolute Gasteiger partial charge is 0.249 e. The van der Waals surface area contributed by atoms with Crippen LogP contribution in [-0.4, -0.2) is 23.1 Å². The van der Waals surface area contributed by atoms with Gasteiger partial charge in [0.2, 0.25) is 5.91 Å². The van der Waals surface area contributed by atoms with Crippen molar-refractivity contribution in [3.63, 3.8) is 0 Å². The average molecular weight is 376 g/mol. The van der Waals surface area contributed by atoms with Crippen molar-refractivity contribution in [1.29, 1.82) is 0 Å². The predicted octanol–water partition coefficient (Wildman–Crippen LogP) is 3.40. The van der Waals surface area contributed by atoms with Crippen molar-refractivity contribution >= 4 is 17.6 Å². The number of pyridine rings is 1. The molecule has 2 aromatic carbocycles. The predicted molar refractivity (Wildman–Crippen MR) is 107 cm³/mol. The molecule has 0 aliphatic carbocycles. The number of nitrogens with two attached hydrogens (primary N) is 1. The summed E-state index contributed by atoms with van der Waals surface area (Å²) in [6.45, 7) is 0.263. The van der Waals surface area contributed by atoms with E-state index in [0.29, 0.717) is 28.2 Å². The van der Waals surface area contributed by atoms with E-state index >= 15 is 0 Å². The summed E-state index contributed by atoms with van der Waals surface area (Å²) in [5.41, 5.74) is 8.06. The number of ether oxygens (including phenoxy) is 2. The standard InChI is InChI=1S/C22H20N2O4/c1-27-21-7-6-15(13-20(21)25)12-19(22(23)26)18-5-3-2-4-16(18)14-28-17-8-10-24-11-9-17/h2-13,25H,14H2,1H3,(H2,23,26)/b19-12+. The van der Waals surface area contributed by atoms with Gasteiger partial charge in [-0.25, -0.2) is 0 Å². The molecular weight excluding hydrogens is 356 g/mol. The van der Waals surface area contributed by atoms with Gasteiger partial charge in [-0.3, -0.25) is 9.78 Å². The van der Waals surface area contributed by atoms with Gasteiger partial charge in [0, 0.05) is 18.0 Å². The maximum atomic E-state index is 12.2. The maximum Gasteiger partial charge on any atom is 0.249 e. The summed E-state index contributed by atoms with van der Waals surface area (Å²) >= 11 is 0. The number of carbonyl (C=O) groups is 1. The number of carbonyl (C=O) groups excluding carboxylic acids is 1. The maximum absolute atomic E-state index is 12.2. The molecular formula is C22H20N2O4. The van der Waals surface area contributed by atoms with E-state index in [2.05, 4.69) is 4.98 Å². The SMILES string of the molecule is COc1ccc(/C=C(/C(N)=O)c2ccccc2COc2ccncc2)cc1O. The van der Waals surface area contributed by atoms with Gasteiger partial charge in [0.25, 0.3) is 0 Å². The summed E-state index contributed by atoms with van der Waals surface area (Å²) in [5.74, 6) is 0.430. The van der Waals surface area contributed by atoms with E-state index in [1.165, 1.54) is 13.2 Å². The van der Waals surface area contributed by atoms with Crippen LogP contribution in [-0.2, 0) is 11.4 Å². The number of hydrogen-bond donors (Lipinski definition) is 2. The molecule has 3 rings (SSSR count). The normalized spacial score (nSPS) is 11.1. The molecule has 0 atom stereocenters. The van der Waals surface area contributed by atoms with E-state index in [1.54, 1.807) is 42.7 Å². The van der Waals surface area contributed by atoms with Crippen LogP contribution in [0, 0.1) is 0 Å². The Hall–Kier alpha value is -3.80. The van der Waals surface area contributed by atoms with E-state index in [4.69, 9.17) is 15.2 Å². The molecule has 3 N–H and O–H groups in total. The van der Waals surface area contributed by atoms with Crippen LogP contribution in [0.1, 0.15) is 16.7 Å². The van der Waals surface area contributed by atoms with Gasteiger partial charge in [0.05, 0.1) is 7.11 Å². The number of rotatable bonds is 7. The fraction of sp³-hybridized carbons (Fsp3) is 0.0909. The molecule has 0 unspecified atom stereocenters. The number of phenolic OH excluding ortho intramolecular Hbond substituents is 1. The van der Waals surface area contributed by atoms with Gasteiger partial charge in [0.1, 0.15) is 12.4 Å². The van der Waals surface area contributed by atoms with Crippen LogP contribution in [0.5, 0.6) is 17.2 Å². The van der Waals surface area contributed by atoms with E-state index in [0.717, 1.165) is 5.56 Å². The Morgan fingerprint density at radius 1 is 1.14 bits per heavy atom. The number of hydrogen-bond acceptors (Lipinski definition) is 5. The quantitative estimate of drug-likeness (QED) is 0.487. The van der Waals surface area contributed by atoms with Crippen molar-refractivity contribution < 1.29 is 19.4 Å². The molecule has 0 radical (unpaired) electrons. The van der Waals surface area contributed by atoms with E-state index < -0.39 is 5.91 Å². The van der Waals surface area contributed by atoms with Gasteiger partial charge >= 0.3 is 0 Å². The van der Waals surface area contributed by atoms with Crippen LogP contribution >= 0.6 is 0 Å². The minimum atomic E-state index is -0.577. The molecule has 28 heavy (non-hydrogen) atoms. The first kappa shape index (κ1) is 19.0. The van der Waals surface area contributed by atoms with Crippen LogP contribution in [0.25, 0.3) is 11.6 Å². The number of primary amides is 1. The first-order valence-electron chi connectivity index (χ1n) is 8.58. The number of aromatic nitrogens is 1. The Labute approximate surface area is 162 Å². The first-order chi connectivity index (χ1) is 13.6. The molecule has 1 amide bonds. The molecule has 0 fully saturated rings. The highest BCUT2D eigenvalue weighted by molar-refractivity contribution is 6.23. The van der Waals surface area contributed by atoms with E-state index in [-0.39, 0.29) is 12.4 Å². The summed E-state index contributed by atoms with van der Waals surface area (Å²) in [5, 5.41) is 9.98. The molecule has 0 spiro atoms. The largest absolute Gasteiger partial charge is 0.504 e. The molecule has 1 aromatic heterocycles. The monoisotopic (exact) mass is 376 g/mol. The number of aromatic hydroxyl groups is 1. The molecule has 0 saturated carbocycles. The number of amides is 1. The lowest BCUT2D eigenvalue weighted by molar-refractivity contribution is -0.112. The number of nitrogens with zero attached hydrogens (tertiary/aromatic N) is 1. The Bertz CT molecular complexity index is 1000. The zero-order valence-electron chi connectivity index (χ0n) is 15.3. The lowest BCUT2D eigenvalue weighted by atomic mass is 9.97. The van der Waals surface area contributed by atoms with Crippen LogP contribution in [0.3, 0.4) is 0 Å². The third-order valence-corrected chi connectivity index (χ3v) is 4.13. The second-order valence-corrected chi connectivity index (χ2v) is 5.98. The Kier molecular flexibility index (Phi) is 5.91. The van der Waals surface area contributed by atoms with Crippen LogP contribution in [0.15, 0.2) is 67.0 Å². The summed E-state index contributed by atoms with van der Waals surface area (Å²) in [4.78, 5) is 16.1. The van der Waals surface area contributed by atoms with Crippen molar-refractivity contribution in [3.8, 4) is 17.2 Å². The highest BCUT2D eigenvalue weighted by Crippen LogP contribution is 2.29. The highest BCUT2D eigenvalue weighted by Gasteiger charge is 2.14. The minimum Gasteiger partial charge on any atom is -0.504 e. The van der Waals surface area contributed by atoms with Crippen molar-refractivity contribution in [2.45, 2.75) is 6.61 Å². The zero-order valence-corrected chi connectivity index (χ0v) is 15.3. The highest BCUT2D eigenvalue weighted by atomic mass is 16.5. The molecule has 0 aliphatic rings. The van der Waals surface area contributed by atoms with Gasteiger partial charge in [-0.1, -0.05) is 30.3 Å². The van der Waals surface area contributed by atoms with Crippen LogP contribution in [0.2, 0.25) is 0 Å². The number of benzene rings is 2. The summed E-state index contributed by atoms with van der Waals surface area (Å²) in [6, 6.07) is 15.8. The molecule has 6 nitrogen and oxygen atoms in total. The van der Waals surface area contributed by atoms with Gasteiger partial charge < -0.3 is 20.3 Å². The second kappa shape index (κ2) is 8.73. The first-order valence-corrected chi connectivity index (χ1v) is 8.58. The van der Waals surface area contributed by atoms with Crippen LogP contribution in [0.4, 0.5) is 0 Å². The molecule has 3 aromatic rings. The van der Waals surface area contributed by atoms with Crippen molar-refractivity contribution in [2.24, 2.45) is 5.73 Å². The number of phenols is 1. The second-order valence-electron chi connectivity index (χ2n) is 5.98. The molecule has 1 heterocycles. The summed E-state index contributed by atoms with van der Waals surface area (Å²) < 4.78 is 10.8. The lowest BCUT2D eigenvalue weighted by Gasteiger charge is -2.13. The summed E-state index contributed by atoms with van der Waals surface area (Å²) in [7, 11) is 1.47. The average Bonchev–Trinajstić information content (AvgIpc) is 2.71. The van der Waals surface area contributed by atoms with Crippen molar-refractivity contribution in [2.75, 3.05) is 7.11 Å². The van der Waals surface area contributed by atoms with Gasteiger partial charge in [-0.05, 0) is 47.0 Å². The van der Waals surface area contributed by atoms with Crippen molar-refractivity contribution in [3.05, 3.63) is 83.7 Å². The lowest BCUT2D eigenvalue weighted by Crippen LogP contribution is -2.14. The van der Waals surface area contributed by atoms with Gasteiger partial charge in [0.15, 0.2) is 11.5 Å². The molecule has 142 valence electrons. The van der Waals surface area contributed by atoms with E-state index in [1.807, 2.05) is 24.3 Å². The fourth-order valence-electron chi connectivity index (χ4n) is 2.75. The van der Waals surface area contributed by atoms with Crippen molar-refractivity contribution in [1.82, 2.24) is 4.98 Å². The molecule has 0 aliphatic heterocycles. The van der Waals surface area contributed by atoms with Crippen LogP contribution < -0.4 is 15.2 Å². The summed E-state index contributed by atoms with van der Waals surface area (Å²) in [6.07, 6.45) is 4.92. The van der Waals surface area contributed by atoms with Gasteiger partial charge in [-0.15, -0.1) is 0 Å². The Morgan fingerprint density at radius 3 is 2.57 bits per heavy atom. The minimum absolute atomic E-state index is 0.0191. The molecule has 0 bridgehead atoms. The molecule has 6 heteroatoms. The Balaban J connectivity index is 1.94. The number of methoxy groups -OCH3 is 1.